The van der Waals surface area contributed by atoms with E-state index in [1.807, 2.05) is 25.0 Å². The lowest BCUT2D eigenvalue weighted by atomic mass is 9.97. The molecule has 1 unspecified atom stereocenters. The molecule has 1 aliphatic rings. The van der Waals surface area contributed by atoms with Crippen LogP contribution in [0.25, 0.3) is 0 Å². The van der Waals surface area contributed by atoms with Crippen molar-refractivity contribution in [2.24, 2.45) is 13.0 Å². The first-order valence-electron chi connectivity index (χ1n) is 6.33. The summed E-state index contributed by atoms with van der Waals surface area (Å²) in [6, 6.07) is 0.403. The van der Waals surface area contributed by atoms with Crippen LogP contribution in [-0.2, 0) is 7.05 Å². The predicted octanol–water partition coefficient (Wildman–Crippen LogP) is 2.05. The zero-order valence-corrected chi connectivity index (χ0v) is 10.3. The van der Waals surface area contributed by atoms with E-state index in [0.717, 1.165) is 5.92 Å². The molecule has 1 fully saturated rings. The summed E-state index contributed by atoms with van der Waals surface area (Å²) >= 11 is 0. The highest BCUT2D eigenvalue weighted by Gasteiger charge is 2.19. The fourth-order valence-corrected chi connectivity index (χ4v) is 2.75. The third kappa shape index (κ3) is 2.61. The van der Waals surface area contributed by atoms with Crippen LogP contribution in [0, 0.1) is 5.92 Å². The normalized spacial score (nSPS) is 19.1. The molecular weight excluding hydrogens is 200 g/mol. The van der Waals surface area contributed by atoms with Crippen molar-refractivity contribution < 1.29 is 0 Å². The first-order chi connectivity index (χ1) is 7.81. The van der Waals surface area contributed by atoms with Crippen molar-refractivity contribution in [2.75, 3.05) is 7.05 Å². The number of nitrogens with one attached hydrogen (secondary N) is 1. The van der Waals surface area contributed by atoms with Crippen LogP contribution < -0.4 is 5.32 Å². The van der Waals surface area contributed by atoms with Crippen molar-refractivity contribution in [3.8, 4) is 0 Å². The maximum Gasteiger partial charge on any atom is 0.0753 e. The van der Waals surface area contributed by atoms with Gasteiger partial charge in [-0.3, -0.25) is 4.68 Å². The van der Waals surface area contributed by atoms with E-state index < -0.39 is 0 Å². The smallest absolute Gasteiger partial charge is 0.0753 e. The molecule has 0 amide bonds. The molecule has 0 bridgehead atoms. The van der Waals surface area contributed by atoms with E-state index in [9.17, 15) is 0 Å². The summed E-state index contributed by atoms with van der Waals surface area (Å²) in [7, 11) is 3.98. The zero-order valence-electron chi connectivity index (χ0n) is 10.3. The average Bonchev–Trinajstić information content (AvgIpc) is 2.92. The topological polar surface area (TPSA) is 42.7 Å². The minimum absolute atomic E-state index is 0.403. The second-order valence-corrected chi connectivity index (χ2v) is 4.85. The number of rotatable bonds is 5. The van der Waals surface area contributed by atoms with Gasteiger partial charge >= 0.3 is 0 Å². The Morgan fingerprint density at radius 1 is 1.50 bits per heavy atom. The Hall–Kier alpha value is -0.900. The van der Waals surface area contributed by atoms with Crippen LogP contribution in [0.5, 0.6) is 0 Å². The maximum atomic E-state index is 3.99. The zero-order chi connectivity index (χ0) is 11.4. The van der Waals surface area contributed by atoms with Gasteiger partial charge in [-0.05, 0) is 25.8 Å². The average molecular weight is 222 g/mol. The molecule has 1 aliphatic carbocycles. The lowest BCUT2D eigenvalue weighted by Crippen LogP contribution is -2.20. The van der Waals surface area contributed by atoms with Gasteiger partial charge in [0.2, 0.25) is 0 Å². The van der Waals surface area contributed by atoms with Gasteiger partial charge in [-0.1, -0.05) is 30.9 Å². The van der Waals surface area contributed by atoms with Crippen molar-refractivity contribution in [3.05, 3.63) is 11.9 Å². The number of hydrogen-bond donors (Lipinski definition) is 1. The van der Waals surface area contributed by atoms with Gasteiger partial charge in [0.25, 0.3) is 0 Å². The van der Waals surface area contributed by atoms with Gasteiger partial charge in [-0.25, -0.2) is 0 Å². The Kier molecular flexibility index (Phi) is 3.93. The van der Waals surface area contributed by atoms with Gasteiger partial charge in [0.15, 0.2) is 0 Å². The van der Waals surface area contributed by atoms with Gasteiger partial charge in [0.05, 0.1) is 17.9 Å². The molecule has 1 aromatic heterocycles. The Labute approximate surface area is 97.4 Å². The van der Waals surface area contributed by atoms with E-state index in [-0.39, 0.29) is 0 Å². The Bertz CT molecular complexity index is 315. The van der Waals surface area contributed by atoms with E-state index in [1.54, 1.807) is 0 Å². The Morgan fingerprint density at radius 2 is 2.25 bits per heavy atom. The maximum absolute atomic E-state index is 3.99. The summed E-state index contributed by atoms with van der Waals surface area (Å²) in [4.78, 5) is 0. The van der Waals surface area contributed by atoms with E-state index in [1.165, 1.54) is 44.2 Å². The summed E-state index contributed by atoms with van der Waals surface area (Å²) in [5.41, 5.74) is 1.19. The van der Waals surface area contributed by atoms with E-state index >= 15 is 0 Å². The largest absolute Gasteiger partial charge is 0.312 e. The summed E-state index contributed by atoms with van der Waals surface area (Å²) < 4.78 is 1.87. The van der Waals surface area contributed by atoms with Gasteiger partial charge in [-0.15, -0.1) is 5.10 Å². The first-order valence-corrected chi connectivity index (χ1v) is 6.33. The molecular formula is C12H22N4. The van der Waals surface area contributed by atoms with Crippen LogP contribution in [0.2, 0.25) is 0 Å². The first kappa shape index (κ1) is 11.6. The quantitative estimate of drug-likeness (QED) is 0.829. The van der Waals surface area contributed by atoms with Crippen molar-refractivity contribution in [3.63, 3.8) is 0 Å². The van der Waals surface area contributed by atoms with Gasteiger partial charge in [-0.2, -0.15) is 0 Å². The van der Waals surface area contributed by atoms with E-state index in [4.69, 9.17) is 0 Å². The van der Waals surface area contributed by atoms with Crippen LogP contribution in [0.4, 0.5) is 0 Å². The molecule has 90 valence electrons. The molecule has 2 rings (SSSR count). The van der Waals surface area contributed by atoms with E-state index in [0.29, 0.717) is 6.04 Å². The Balaban J connectivity index is 1.88. The second kappa shape index (κ2) is 5.43. The molecule has 0 radical (unpaired) electrons. The molecule has 16 heavy (non-hydrogen) atoms. The minimum Gasteiger partial charge on any atom is -0.312 e. The molecule has 0 aliphatic heterocycles. The van der Waals surface area contributed by atoms with Crippen LogP contribution in [0.15, 0.2) is 6.20 Å². The van der Waals surface area contributed by atoms with Crippen molar-refractivity contribution in [1.29, 1.82) is 0 Å². The lowest BCUT2D eigenvalue weighted by molar-refractivity contribution is 0.414. The van der Waals surface area contributed by atoms with Crippen LogP contribution in [0.3, 0.4) is 0 Å². The molecule has 0 aromatic carbocycles. The molecule has 4 nitrogen and oxygen atoms in total. The molecule has 1 saturated carbocycles. The fraction of sp³-hybridized carbons (Fsp3) is 0.833. The lowest BCUT2D eigenvalue weighted by Gasteiger charge is -2.17. The molecule has 1 aromatic rings. The third-order valence-electron chi connectivity index (χ3n) is 3.79. The monoisotopic (exact) mass is 222 g/mol. The van der Waals surface area contributed by atoms with Gasteiger partial charge < -0.3 is 5.32 Å². The highest BCUT2D eigenvalue weighted by molar-refractivity contribution is 5.01. The van der Waals surface area contributed by atoms with Crippen LogP contribution in [-0.4, -0.2) is 22.0 Å². The third-order valence-corrected chi connectivity index (χ3v) is 3.79. The minimum atomic E-state index is 0.403. The number of nitrogens with zero attached hydrogens (tertiary/aromatic N) is 3. The molecule has 1 atom stereocenters. The molecule has 4 heteroatoms. The summed E-state index contributed by atoms with van der Waals surface area (Å²) in [5.74, 6) is 0.956. The highest BCUT2D eigenvalue weighted by atomic mass is 15.4. The molecule has 0 spiro atoms. The fourth-order valence-electron chi connectivity index (χ4n) is 2.75. The summed E-state index contributed by atoms with van der Waals surface area (Å²) in [6.07, 6.45) is 10.1. The van der Waals surface area contributed by atoms with Gasteiger partial charge in [0.1, 0.15) is 0 Å². The second-order valence-electron chi connectivity index (χ2n) is 4.85. The SMILES string of the molecule is CNC(CCC1CCCC1)c1cnnn1C. The number of aryl methyl sites for hydroxylation is 1. The Morgan fingerprint density at radius 3 is 2.81 bits per heavy atom. The molecule has 0 saturated heterocycles. The standard InChI is InChI=1S/C12H22N4/c1-13-11(12-9-14-15-16(12)2)8-7-10-5-3-4-6-10/h9-11,13H,3-8H2,1-2H3. The summed E-state index contributed by atoms with van der Waals surface area (Å²) in [6.45, 7) is 0. The van der Waals surface area contributed by atoms with Crippen molar-refractivity contribution >= 4 is 0 Å². The molecule has 1 N–H and O–H groups in total. The van der Waals surface area contributed by atoms with E-state index in [2.05, 4.69) is 15.6 Å². The van der Waals surface area contributed by atoms with Gasteiger partial charge in [0, 0.05) is 7.05 Å². The highest BCUT2D eigenvalue weighted by Crippen LogP contribution is 2.31. The number of hydrogen-bond acceptors (Lipinski definition) is 3. The predicted molar refractivity (Wildman–Crippen MR) is 64.0 cm³/mol. The van der Waals surface area contributed by atoms with Crippen molar-refractivity contribution in [2.45, 2.75) is 44.6 Å². The summed E-state index contributed by atoms with van der Waals surface area (Å²) in [5, 5.41) is 11.3. The van der Waals surface area contributed by atoms with Crippen molar-refractivity contribution in [1.82, 2.24) is 20.3 Å². The van der Waals surface area contributed by atoms with Crippen LogP contribution >= 0.6 is 0 Å². The molecule has 1 heterocycles. The van der Waals surface area contributed by atoms with Crippen LogP contribution in [0.1, 0.15) is 50.3 Å². The number of aromatic nitrogens is 3.